The molecule has 0 aliphatic rings. The van der Waals surface area contributed by atoms with Crippen LogP contribution in [0.4, 0.5) is 9.52 Å². The van der Waals surface area contributed by atoms with Crippen molar-refractivity contribution in [2.45, 2.75) is 6.42 Å². The maximum atomic E-state index is 13.1. The summed E-state index contributed by atoms with van der Waals surface area (Å²) in [5.74, 6) is -0.917. The predicted molar refractivity (Wildman–Crippen MR) is 145 cm³/mol. The number of nitrogens with one attached hydrogen (secondary N) is 2. The van der Waals surface area contributed by atoms with E-state index in [-0.39, 0.29) is 34.5 Å². The van der Waals surface area contributed by atoms with Crippen LogP contribution in [0, 0.1) is 5.82 Å². The van der Waals surface area contributed by atoms with Crippen LogP contribution in [0.3, 0.4) is 0 Å². The number of rotatable bonds is 10. The minimum atomic E-state index is -0.674. The number of hydrogen-bond acceptors (Lipinski definition) is 10. The molecule has 40 heavy (non-hydrogen) atoms. The van der Waals surface area contributed by atoms with Crippen molar-refractivity contribution in [3.63, 3.8) is 0 Å². The number of methoxy groups -OCH3 is 2. The highest BCUT2D eigenvalue weighted by molar-refractivity contribution is 7.15. The van der Waals surface area contributed by atoms with Gasteiger partial charge in [-0.2, -0.15) is 5.10 Å². The average Bonchev–Trinajstić information content (AvgIpc) is 3.40. The summed E-state index contributed by atoms with van der Waals surface area (Å²) in [5.41, 5.74) is 3.54. The Balaban J connectivity index is 1.29. The normalized spacial score (nSPS) is 10.7. The van der Waals surface area contributed by atoms with Gasteiger partial charge >= 0.3 is 5.97 Å². The minimum Gasteiger partial charge on any atom is -0.497 e. The SMILES string of the molecule is COc1ccc(C(=O)Nc2nnc(CC(=O)N/N=C\c3ccc(OC(=O)c4ccc(F)cc4)c(OC)c3)s2)cc1. The van der Waals surface area contributed by atoms with E-state index >= 15 is 0 Å². The van der Waals surface area contributed by atoms with Crippen molar-refractivity contribution >= 4 is 40.5 Å². The molecule has 0 atom stereocenters. The number of aromatic nitrogens is 2. The molecule has 0 spiro atoms. The van der Waals surface area contributed by atoms with E-state index < -0.39 is 17.7 Å². The summed E-state index contributed by atoms with van der Waals surface area (Å²) in [4.78, 5) is 36.9. The first-order chi connectivity index (χ1) is 19.3. The second kappa shape index (κ2) is 13.1. The average molecular weight is 564 g/mol. The minimum absolute atomic E-state index is 0.102. The molecule has 1 aromatic heterocycles. The molecular weight excluding hydrogens is 541 g/mol. The topological polar surface area (TPSA) is 141 Å². The molecule has 3 aromatic carbocycles. The number of carbonyl (C=O) groups excluding carboxylic acids is 3. The van der Waals surface area contributed by atoms with Crippen LogP contribution < -0.4 is 25.0 Å². The van der Waals surface area contributed by atoms with Gasteiger partial charge < -0.3 is 14.2 Å². The van der Waals surface area contributed by atoms with E-state index in [4.69, 9.17) is 14.2 Å². The molecule has 11 nitrogen and oxygen atoms in total. The number of amides is 2. The molecule has 204 valence electrons. The van der Waals surface area contributed by atoms with Crippen molar-refractivity contribution in [2.24, 2.45) is 5.10 Å². The van der Waals surface area contributed by atoms with Gasteiger partial charge in [-0.1, -0.05) is 11.3 Å². The van der Waals surface area contributed by atoms with Crippen molar-refractivity contribution in [1.82, 2.24) is 15.6 Å². The maximum Gasteiger partial charge on any atom is 0.343 e. The third kappa shape index (κ3) is 7.45. The zero-order chi connectivity index (χ0) is 28.5. The van der Waals surface area contributed by atoms with Crippen molar-refractivity contribution < 1.29 is 33.0 Å². The third-order valence-electron chi connectivity index (χ3n) is 5.22. The number of ether oxygens (including phenoxy) is 3. The largest absolute Gasteiger partial charge is 0.497 e. The number of nitrogens with zero attached hydrogens (tertiary/aromatic N) is 3. The van der Waals surface area contributed by atoms with Gasteiger partial charge in [0.1, 0.15) is 16.6 Å². The molecular formula is C27H22FN5O6S. The number of hydrogen-bond donors (Lipinski definition) is 2. The van der Waals surface area contributed by atoms with Crippen LogP contribution in [0.5, 0.6) is 17.2 Å². The van der Waals surface area contributed by atoms with E-state index in [1.54, 1.807) is 36.4 Å². The van der Waals surface area contributed by atoms with Gasteiger partial charge in [-0.25, -0.2) is 14.6 Å². The van der Waals surface area contributed by atoms with Crippen LogP contribution >= 0.6 is 11.3 Å². The van der Waals surface area contributed by atoms with Crippen molar-refractivity contribution in [1.29, 1.82) is 0 Å². The lowest BCUT2D eigenvalue weighted by molar-refractivity contribution is -0.120. The van der Waals surface area contributed by atoms with E-state index in [9.17, 15) is 18.8 Å². The summed E-state index contributed by atoms with van der Waals surface area (Å²) in [5, 5.41) is 15.0. The molecule has 0 radical (unpaired) electrons. The van der Waals surface area contributed by atoms with Crippen molar-refractivity contribution in [3.05, 3.63) is 94.2 Å². The first kappa shape index (κ1) is 27.9. The molecule has 1 heterocycles. The highest BCUT2D eigenvalue weighted by Crippen LogP contribution is 2.28. The predicted octanol–water partition coefficient (Wildman–Crippen LogP) is 3.86. The van der Waals surface area contributed by atoms with Crippen LogP contribution in [0.1, 0.15) is 31.3 Å². The van der Waals surface area contributed by atoms with E-state index in [2.05, 4.69) is 26.0 Å². The summed E-state index contributed by atoms with van der Waals surface area (Å²) in [6.07, 6.45) is 1.28. The Morgan fingerprint density at radius 3 is 2.35 bits per heavy atom. The molecule has 0 bridgehead atoms. The Kier molecular flexibility index (Phi) is 9.10. The fraction of sp³-hybridized carbons (Fsp3) is 0.111. The van der Waals surface area contributed by atoms with Gasteiger partial charge in [0, 0.05) is 5.56 Å². The van der Waals surface area contributed by atoms with Crippen molar-refractivity contribution in [2.75, 3.05) is 19.5 Å². The molecule has 0 aliphatic heterocycles. The molecule has 13 heteroatoms. The number of hydrazone groups is 1. The Morgan fingerprint density at radius 1 is 0.925 bits per heavy atom. The summed E-state index contributed by atoms with van der Waals surface area (Å²) < 4.78 is 28.8. The summed E-state index contributed by atoms with van der Waals surface area (Å²) in [6, 6.07) is 16.2. The van der Waals surface area contributed by atoms with Crippen LogP contribution in [-0.2, 0) is 11.2 Å². The molecule has 4 aromatic rings. The van der Waals surface area contributed by atoms with Gasteiger partial charge in [-0.05, 0) is 72.3 Å². The number of esters is 1. The van der Waals surface area contributed by atoms with Crippen LogP contribution in [0.2, 0.25) is 0 Å². The monoisotopic (exact) mass is 563 g/mol. The smallest absolute Gasteiger partial charge is 0.343 e. The number of anilines is 1. The standard InChI is InChI=1S/C27H22FN5O6S/c1-37-20-10-6-17(7-11-20)25(35)30-27-33-32-24(40-27)14-23(34)31-29-15-16-3-12-21(22(13-16)38-2)39-26(36)18-4-8-19(28)9-5-18/h3-13,15H,14H2,1-2H3,(H,31,34)(H,30,33,35)/b29-15-. The number of carbonyl (C=O) groups is 3. The highest BCUT2D eigenvalue weighted by Gasteiger charge is 2.14. The van der Waals surface area contributed by atoms with Gasteiger partial charge in [0.05, 0.1) is 32.4 Å². The molecule has 0 unspecified atom stereocenters. The Morgan fingerprint density at radius 2 is 1.65 bits per heavy atom. The molecule has 0 aliphatic carbocycles. The van der Waals surface area contributed by atoms with E-state index in [1.165, 1.54) is 38.6 Å². The van der Waals surface area contributed by atoms with E-state index in [1.807, 2.05) is 0 Å². The number of halogens is 1. The van der Waals surface area contributed by atoms with Crippen LogP contribution in [0.15, 0.2) is 71.8 Å². The maximum absolute atomic E-state index is 13.1. The van der Waals surface area contributed by atoms with E-state index in [0.29, 0.717) is 21.9 Å². The van der Waals surface area contributed by atoms with E-state index in [0.717, 1.165) is 23.5 Å². The zero-order valence-corrected chi connectivity index (χ0v) is 22.0. The Bertz CT molecular complexity index is 1540. The van der Waals surface area contributed by atoms with Gasteiger partial charge in [0.15, 0.2) is 11.5 Å². The molecule has 2 amide bonds. The van der Waals surface area contributed by atoms with Crippen LogP contribution in [0.25, 0.3) is 0 Å². The first-order valence-electron chi connectivity index (χ1n) is 11.6. The second-order valence-corrected chi connectivity index (χ2v) is 9.02. The van der Waals surface area contributed by atoms with Gasteiger partial charge in [-0.15, -0.1) is 10.2 Å². The molecule has 2 N–H and O–H groups in total. The number of benzene rings is 3. The summed E-state index contributed by atoms with van der Waals surface area (Å²) in [6.45, 7) is 0. The lowest BCUT2D eigenvalue weighted by Crippen LogP contribution is -2.19. The summed E-state index contributed by atoms with van der Waals surface area (Å²) >= 11 is 1.06. The quantitative estimate of drug-likeness (QED) is 0.128. The molecule has 0 saturated heterocycles. The van der Waals surface area contributed by atoms with Crippen molar-refractivity contribution in [3.8, 4) is 17.2 Å². The van der Waals surface area contributed by atoms with Gasteiger partial charge in [-0.3, -0.25) is 14.9 Å². The molecule has 0 saturated carbocycles. The fourth-order valence-corrected chi connectivity index (χ4v) is 3.97. The lowest BCUT2D eigenvalue weighted by Gasteiger charge is -2.10. The Hall–Kier alpha value is -5.17. The zero-order valence-electron chi connectivity index (χ0n) is 21.2. The highest BCUT2D eigenvalue weighted by atomic mass is 32.1. The van der Waals surface area contributed by atoms with Crippen LogP contribution in [-0.4, -0.2) is 48.4 Å². The summed E-state index contributed by atoms with van der Waals surface area (Å²) in [7, 11) is 2.94. The first-order valence-corrected chi connectivity index (χ1v) is 12.4. The second-order valence-electron chi connectivity index (χ2n) is 7.96. The third-order valence-corrected chi connectivity index (χ3v) is 6.06. The fourth-order valence-electron chi connectivity index (χ4n) is 3.24. The van der Waals surface area contributed by atoms with Gasteiger partial charge in [0.2, 0.25) is 11.0 Å². The van der Waals surface area contributed by atoms with Gasteiger partial charge in [0.25, 0.3) is 5.91 Å². The molecule has 0 fully saturated rings. The lowest BCUT2D eigenvalue weighted by atomic mass is 10.2. The molecule has 4 rings (SSSR count). The Labute approximate surface area is 231 Å².